The molecule has 19 heavy (non-hydrogen) atoms. The van der Waals surface area contributed by atoms with Crippen molar-refractivity contribution in [3.8, 4) is 0 Å². The molecule has 0 saturated carbocycles. The molecule has 1 fully saturated rings. The molecule has 0 bridgehead atoms. The molecule has 0 radical (unpaired) electrons. The number of nitrogens with one attached hydrogen (secondary N) is 2. The van der Waals surface area contributed by atoms with E-state index in [2.05, 4.69) is 34.5 Å². The third-order valence-electron chi connectivity index (χ3n) is 2.96. The lowest BCUT2D eigenvalue weighted by Gasteiger charge is -2.29. The van der Waals surface area contributed by atoms with Crippen LogP contribution in [0.2, 0.25) is 0 Å². The maximum atomic E-state index is 5.70. The molecule has 1 aliphatic heterocycles. The second-order valence-corrected chi connectivity index (χ2v) is 4.75. The summed E-state index contributed by atoms with van der Waals surface area (Å²) < 4.78 is 10.7. The Kier molecular flexibility index (Phi) is 8.53. The molecule has 0 spiro atoms. The Balaban J connectivity index is 2.30. The van der Waals surface area contributed by atoms with Crippen molar-refractivity contribution in [2.24, 2.45) is 4.99 Å². The average molecular weight is 272 g/mol. The number of likely N-dealkylation sites (N-methyl/N-ethyl adjacent to an activating group) is 1. The topological polar surface area (TPSA) is 58.1 Å². The molecule has 0 aromatic heterocycles. The highest BCUT2D eigenvalue weighted by atomic mass is 16.5. The van der Waals surface area contributed by atoms with Crippen LogP contribution in [0.5, 0.6) is 0 Å². The summed E-state index contributed by atoms with van der Waals surface area (Å²) in [6, 6.07) is 0. The first-order chi connectivity index (χ1) is 9.26. The summed E-state index contributed by atoms with van der Waals surface area (Å²) in [5.41, 5.74) is 0. The van der Waals surface area contributed by atoms with Gasteiger partial charge in [-0.1, -0.05) is 0 Å². The number of methoxy groups -OCH3 is 1. The Bertz CT molecular complexity index is 261. The zero-order valence-corrected chi connectivity index (χ0v) is 12.4. The molecule has 0 amide bonds. The van der Waals surface area contributed by atoms with E-state index in [0.717, 1.165) is 51.8 Å². The van der Waals surface area contributed by atoms with E-state index >= 15 is 0 Å². The molecule has 1 aliphatic rings. The van der Waals surface area contributed by atoms with Crippen molar-refractivity contribution in [2.45, 2.75) is 19.4 Å². The lowest BCUT2D eigenvalue weighted by Crippen LogP contribution is -2.43. The maximum absolute atomic E-state index is 5.70. The van der Waals surface area contributed by atoms with Gasteiger partial charge in [-0.2, -0.15) is 0 Å². The first-order valence-corrected chi connectivity index (χ1v) is 7.07. The second kappa shape index (κ2) is 10.00. The fraction of sp³-hybridized carbons (Fsp3) is 0.923. The summed E-state index contributed by atoms with van der Waals surface area (Å²) in [5.74, 6) is 0.857. The zero-order chi connectivity index (χ0) is 13.9. The highest BCUT2D eigenvalue weighted by molar-refractivity contribution is 5.79. The summed E-state index contributed by atoms with van der Waals surface area (Å²) >= 11 is 0. The largest absolute Gasteiger partial charge is 0.385 e. The minimum Gasteiger partial charge on any atom is -0.385 e. The van der Waals surface area contributed by atoms with E-state index in [0.29, 0.717) is 6.54 Å². The molecule has 0 aliphatic carbocycles. The van der Waals surface area contributed by atoms with Crippen LogP contribution in [0.3, 0.4) is 0 Å². The van der Waals surface area contributed by atoms with Crippen LogP contribution in [0.25, 0.3) is 0 Å². The summed E-state index contributed by atoms with van der Waals surface area (Å²) in [6.07, 6.45) is 1.18. The summed E-state index contributed by atoms with van der Waals surface area (Å²) in [7, 11) is 3.84. The SMILES string of the molecule is CCNC(=NCC1CN(C)CCO1)NCCCOC. The highest BCUT2D eigenvalue weighted by Crippen LogP contribution is 2.02. The van der Waals surface area contributed by atoms with E-state index in [9.17, 15) is 0 Å². The van der Waals surface area contributed by atoms with Crippen molar-refractivity contribution in [2.75, 3.05) is 60.1 Å². The average Bonchev–Trinajstić information content (AvgIpc) is 2.41. The third-order valence-corrected chi connectivity index (χ3v) is 2.96. The molecule has 1 atom stereocenters. The summed E-state index contributed by atoms with van der Waals surface area (Å²) in [4.78, 5) is 6.85. The highest BCUT2D eigenvalue weighted by Gasteiger charge is 2.17. The number of aliphatic imine (C=N–C) groups is 1. The van der Waals surface area contributed by atoms with Crippen LogP contribution in [0, 0.1) is 0 Å². The lowest BCUT2D eigenvalue weighted by atomic mass is 10.3. The van der Waals surface area contributed by atoms with Crippen molar-refractivity contribution in [1.82, 2.24) is 15.5 Å². The van der Waals surface area contributed by atoms with Gasteiger partial charge < -0.3 is 25.0 Å². The molecule has 0 aromatic rings. The van der Waals surface area contributed by atoms with Crippen LogP contribution in [-0.2, 0) is 9.47 Å². The Morgan fingerprint density at radius 3 is 3.00 bits per heavy atom. The van der Waals surface area contributed by atoms with Crippen molar-refractivity contribution in [1.29, 1.82) is 0 Å². The van der Waals surface area contributed by atoms with Gasteiger partial charge in [-0.05, 0) is 20.4 Å². The van der Waals surface area contributed by atoms with E-state index < -0.39 is 0 Å². The molecule has 112 valence electrons. The van der Waals surface area contributed by atoms with Crippen LogP contribution >= 0.6 is 0 Å². The van der Waals surface area contributed by atoms with Gasteiger partial charge in [0, 0.05) is 39.9 Å². The molecule has 2 N–H and O–H groups in total. The molecule has 6 nitrogen and oxygen atoms in total. The van der Waals surface area contributed by atoms with Crippen LogP contribution in [-0.4, -0.2) is 77.1 Å². The molecule has 1 saturated heterocycles. The standard InChI is InChI=1S/C13H28N4O2/c1-4-14-13(15-6-5-8-18-3)16-10-12-11-17(2)7-9-19-12/h12H,4-11H2,1-3H3,(H2,14,15,16). The third kappa shape index (κ3) is 7.34. The molecule has 1 heterocycles. The van der Waals surface area contributed by atoms with Crippen LogP contribution in [0.15, 0.2) is 4.99 Å². The summed E-state index contributed by atoms with van der Waals surface area (Å²) in [5, 5.41) is 6.54. The second-order valence-electron chi connectivity index (χ2n) is 4.75. The molecule has 0 aromatic carbocycles. The smallest absolute Gasteiger partial charge is 0.191 e. The Morgan fingerprint density at radius 2 is 2.32 bits per heavy atom. The Hall–Kier alpha value is -0.850. The normalized spacial score (nSPS) is 21.4. The van der Waals surface area contributed by atoms with Crippen molar-refractivity contribution < 1.29 is 9.47 Å². The van der Waals surface area contributed by atoms with Crippen molar-refractivity contribution >= 4 is 5.96 Å². The summed E-state index contributed by atoms with van der Waals surface area (Å²) in [6.45, 7) is 8.02. The minimum absolute atomic E-state index is 0.202. The first kappa shape index (κ1) is 16.2. The van der Waals surface area contributed by atoms with Gasteiger partial charge in [0.15, 0.2) is 5.96 Å². The van der Waals surface area contributed by atoms with Gasteiger partial charge in [0.25, 0.3) is 0 Å². The van der Waals surface area contributed by atoms with Gasteiger partial charge in [0.1, 0.15) is 0 Å². The number of hydrogen-bond acceptors (Lipinski definition) is 4. The molecule has 6 heteroatoms. The van der Waals surface area contributed by atoms with Gasteiger partial charge in [-0.15, -0.1) is 0 Å². The maximum Gasteiger partial charge on any atom is 0.191 e. The number of morpholine rings is 1. The van der Waals surface area contributed by atoms with E-state index in [1.807, 2.05) is 0 Å². The monoisotopic (exact) mass is 272 g/mol. The van der Waals surface area contributed by atoms with E-state index in [4.69, 9.17) is 9.47 Å². The van der Waals surface area contributed by atoms with Crippen molar-refractivity contribution in [3.63, 3.8) is 0 Å². The van der Waals surface area contributed by atoms with Gasteiger partial charge in [-0.3, -0.25) is 4.99 Å². The van der Waals surface area contributed by atoms with E-state index in [1.165, 1.54) is 0 Å². The fourth-order valence-electron chi connectivity index (χ4n) is 1.94. The van der Waals surface area contributed by atoms with Crippen LogP contribution in [0.4, 0.5) is 0 Å². The quantitative estimate of drug-likeness (QED) is 0.385. The van der Waals surface area contributed by atoms with Gasteiger partial charge in [-0.25, -0.2) is 0 Å². The number of hydrogen-bond donors (Lipinski definition) is 2. The van der Waals surface area contributed by atoms with Crippen molar-refractivity contribution in [3.05, 3.63) is 0 Å². The molecular weight excluding hydrogens is 244 g/mol. The molecule has 1 rings (SSSR count). The van der Waals surface area contributed by atoms with Crippen LogP contribution in [0.1, 0.15) is 13.3 Å². The fourth-order valence-corrected chi connectivity index (χ4v) is 1.94. The lowest BCUT2D eigenvalue weighted by molar-refractivity contribution is -0.0136. The Morgan fingerprint density at radius 1 is 1.47 bits per heavy atom. The number of rotatable bonds is 7. The molecule has 1 unspecified atom stereocenters. The van der Waals surface area contributed by atoms with Gasteiger partial charge in [0.05, 0.1) is 19.3 Å². The predicted octanol–water partition coefficient (Wildman–Crippen LogP) is -0.0914. The van der Waals surface area contributed by atoms with Gasteiger partial charge in [0.2, 0.25) is 0 Å². The van der Waals surface area contributed by atoms with E-state index in [-0.39, 0.29) is 6.10 Å². The van der Waals surface area contributed by atoms with Crippen LogP contribution < -0.4 is 10.6 Å². The Labute approximate surface area is 116 Å². The molecular formula is C13H28N4O2. The number of guanidine groups is 1. The first-order valence-electron chi connectivity index (χ1n) is 7.07. The van der Waals surface area contributed by atoms with E-state index in [1.54, 1.807) is 7.11 Å². The number of nitrogens with zero attached hydrogens (tertiary/aromatic N) is 2. The van der Waals surface area contributed by atoms with Gasteiger partial charge >= 0.3 is 0 Å². The predicted molar refractivity (Wildman–Crippen MR) is 77.7 cm³/mol. The zero-order valence-electron chi connectivity index (χ0n) is 12.4. The number of ether oxygens (including phenoxy) is 2. The minimum atomic E-state index is 0.202.